The third-order valence-electron chi connectivity index (χ3n) is 3.00. The Morgan fingerprint density at radius 2 is 2.05 bits per heavy atom. The standard InChI is InChI=1S/C14H16N2O2S/c1-16(7-8-19-2)13-11-6-4-3-5-10(11)12(9-15-13)14(17)18/h3-6,9H,7-8H2,1-2H3,(H,17,18). The normalized spacial score (nSPS) is 10.6. The van der Waals surface area contributed by atoms with Gasteiger partial charge in [-0.1, -0.05) is 24.3 Å². The van der Waals surface area contributed by atoms with Crippen molar-refractivity contribution in [1.82, 2.24) is 4.98 Å². The summed E-state index contributed by atoms with van der Waals surface area (Å²) in [5.74, 6) is 0.893. The van der Waals surface area contributed by atoms with E-state index in [-0.39, 0.29) is 5.56 Å². The minimum Gasteiger partial charge on any atom is -0.478 e. The molecule has 1 aromatic carbocycles. The number of nitrogens with zero attached hydrogens (tertiary/aromatic N) is 2. The van der Waals surface area contributed by atoms with Gasteiger partial charge < -0.3 is 10.0 Å². The molecule has 1 N–H and O–H groups in total. The van der Waals surface area contributed by atoms with Crippen molar-refractivity contribution in [3.63, 3.8) is 0 Å². The zero-order valence-corrected chi connectivity index (χ0v) is 11.8. The molecule has 1 aromatic heterocycles. The van der Waals surface area contributed by atoms with Gasteiger partial charge in [-0.3, -0.25) is 0 Å². The van der Waals surface area contributed by atoms with Crippen LogP contribution in [0, 0.1) is 0 Å². The molecular formula is C14H16N2O2S. The van der Waals surface area contributed by atoms with Crippen LogP contribution in [0.1, 0.15) is 10.4 Å². The second-order valence-electron chi connectivity index (χ2n) is 4.26. The summed E-state index contributed by atoms with van der Waals surface area (Å²) in [6.45, 7) is 0.880. The van der Waals surface area contributed by atoms with Crippen molar-refractivity contribution < 1.29 is 9.90 Å². The van der Waals surface area contributed by atoms with Gasteiger partial charge in [0.2, 0.25) is 0 Å². The summed E-state index contributed by atoms with van der Waals surface area (Å²) < 4.78 is 0. The molecule has 0 unspecified atom stereocenters. The van der Waals surface area contributed by atoms with Crippen molar-refractivity contribution in [3.05, 3.63) is 36.0 Å². The van der Waals surface area contributed by atoms with Crippen LogP contribution in [-0.2, 0) is 0 Å². The van der Waals surface area contributed by atoms with Gasteiger partial charge in [0.1, 0.15) is 5.82 Å². The molecule has 1 heterocycles. The van der Waals surface area contributed by atoms with E-state index in [1.54, 1.807) is 11.8 Å². The Morgan fingerprint density at radius 1 is 1.37 bits per heavy atom. The predicted molar refractivity (Wildman–Crippen MR) is 80.4 cm³/mol. The molecule has 4 nitrogen and oxygen atoms in total. The molecule has 19 heavy (non-hydrogen) atoms. The number of benzene rings is 1. The Kier molecular flexibility index (Phi) is 4.27. The van der Waals surface area contributed by atoms with Crippen LogP contribution in [0.15, 0.2) is 30.5 Å². The number of aromatic carboxylic acids is 1. The molecule has 0 aliphatic heterocycles. The number of carboxylic acid groups (broad SMARTS) is 1. The maximum atomic E-state index is 11.2. The maximum Gasteiger partial charge on any atom is 0.337 e. The molecule has 0 radical (unpaired) electrons. The first-order chi connectivity index (χ1) is 9.15. The molecule has 0 aliphatic rings. The molecule has 0 spiro atoms. The van der Waals surface area contributed by atoms with Gasteiger partial charge in [0.05, 0.1) is 5.56 Å². The molecule has 100 valence electrons. The van der Waals surface area contributed by atoms with Gasteiger partial charge in [-0.15, -0.1) is 0 Å². The fraction of sp³-hybridized carbons (Fsp3) is 0.286. The molecule has 0 saturated carbocycles. The molecule has 0 bridgehead atoms. The van der Waals surface area contributed by atoms with E-state index in [1.165, 1.54) is 6.20 Å². The highest BCUT2D eigenvalue weighted by Gasteiger charge is 2.14. The summed E-state index contributed by atoms with van der Waals surface area (Å²) >= 11 is 1.77. The van der Waals surface area contributed by atoms with Crippen LogP contribution in [0.2, 0.25) is 0 Å². The predicted octanol–water partition coefficient (Wildman–Crippen LogP) is 2.73. The van der Waals surface area contributed by atoms with E-state index in [4.69, 9.17) is 0 Å². The molecule has 0 saturated heterocycles. The molecule has 2 rings (SSSR count). The minimum absolute atomic E-state index is 0.248. The average molecular weight is 276 g/mol. The first kappa shape index (κ1) is 13.7. The molecular weight excluding hydrogens is 260 g/mol. The summed E-state index contributed by atoms with van der Waals surface area (Å²) in [6.07, 6.45) is 3.50. The highest BCUT2D eigenvalue weighted by atomic mass is 32.2. The van der Waals surface area contributed by atoms with Crippen molar-refractivity contribution in [2.24, 2.45) is 0 Å². The van der Waals surface area contributed by atoms with Crippen LogP contribution < -0.4 is 4.90 Å². The molecule has 0 aliphatic carbocycles. The number of fused-ring (bicyclic) bond motifs is 1. The zero-order valence-electron chi connectivity index (χ0n) is 11.0. The van der Waals surface area contributed by atoms with E-state index in [0.717, 1.165) is 28.9 Å². The number of thioether (sulfide) groups is 1. The van der Waals surface area contributed by atoms with Gasteiger partial charge in [0.25, 0.3) is 0 Å². The summed E-state index contributed by atoms with van der Waals surface area (Å²) in [4.78, 5) is 17.6. The minimum atomic E-state index is -0.943. The third kappa shape index (κ3) is 2.81. The maximum absolute atomic E-state index is 11.2. The summed E-state index contributed by atoms with van der Waals surface area (Å²) in [5, 5.41) is 10.8. The largest absolute Gasteiger partial charge is 0.478 e. The van der Waals surface area contributed by atoms with Gasteiger partial charge in [-0.25, -0.2) is 9.78 Å². The van der Waals surface area contributed by atoms with Crippen molar-refractivity contribution in [2.45, 2.75) is 0 Å². The van der Waals surface area contributed by atoms with Gasteiger partial charge in [-0.05, 0) is 6.26 Å². The number of carboxylic acids is 1. The Bertz CT molecular complexity index is 601. The van der Waals surface area contributed by atoms with Gasteiger partial charge in [-0.2, -0.15) is 11.8 Å². The number of rotatable bonds is 5. The summed E-state index contributed by atoms with van der Waals surface area (Å²) in [6, 6.07) is 7.49. The van der Waals surface area contributed by atoms with E-state index in [0.29, 0.717) is 0 Å². The molecule has 0 atom stereocenters. The SMILES string of the molecule is CSCCN(C)c1ncc(C(=O)O)c2ccccc12. The average Bonchev–Trinajstić information content (AvgIpc) is 2.43. The molecule has 0 fully saturated rings. The van der Waals surface area contributed by atoms with E-state index in [9.17, 15) is 9.90 Å². The van der Waals surface area contributed by atoms with E-state index >= 15 is 0 Å². The number of aromatic nitrogens is 1. The van der Waals surface area contributed by atoms with Crippen LogP contribution in [0.4, 0.5) is 5.82 Å². The monoisotopic (exact) mass is 276 g/mol. The summed E-state index contributed by atoms with van der Waals surface area (Å²) in [5.41, 5.74) is 0.248. The molecule has 0 amide bonds. The fourth-order valence-electron chi connectivity index (χ4n) is 1.99. The first-order valence-electron chi connectivity index (χ1n) is 5.96. The smallest absolute Gasteiger partial charge is 0.337 e. The number of hydrogen-bond donors (Lipinski definition) is 1. The van der Waals surface area contributed by atoms with Crippen LogP contribution in [0.25, 0.3) is 10.8 Å². The second kappa shape index (κ2) is 5.93. The topological polar surface area (TPSA) is 53.4 Å². The van der Waals surface area contributed by atoms with Crippen molar-refractivity contribution in [2.75, 3.05) is 30.5 Å². The molecule has 2 aromatic rings. The van der Waals surface area contributed by atoms with E-state index in [1.807, 2.05) is 31.3 Å². The van der Waals surface area contributed by atoms with Crippen molar-refractivity contribution >= 4 is 34.3 Å². The lowest BCUT2D eigenvalue weighted by atomic mass is 10.1. The van der Waals surface area contributed by atoms with Crippen molar-refractivity contribution in [3.8, 4) is 0 Å². The number of carbonyl (C=O) groups is 1. The second-order valence-corrected chi connectivity index (χ2v) is 5.25. The quantitative estimate of drug-likeness (QED) is 0.910. The Hall–Kier alpha value is -1.75. The zero-order chi connectivity index (χ0) is 13.8. The van der Waals surface area contributed by atoms with Crippen LogP contribution in [0.5, 0.6) is 0 Å². The van der Waals surface area contributed by atoms with Crippen LogP contribution in [0.3, 0.4) is 0 Å². The van der Waals surface area contributed by atoms with E-state index < -0.39 is 5.97 Å². The highest BCUT2D eigenvalue weighted by Crippen LogP contribution is 2.26. The molecule has 5 heteroatoms. The van der Waals surface area contributed by atoms with Gasteiger partial charge in [0.15, 0.2) is 0 Å². The lowest BCUT2D eigenvalue weighted by Gasteiger charge is -2.20. The number of hydrogen-bond acceptors (Lipinski definition) is 4. The van der Waals surface area contributed by atoms with Crippen LogP contribution >= 0.6 is 11.8 Å². The Balaban J connectivity index is 2.52. The first-order valence-corrected chi connectivity index (χ1v) is 7.35. The van der Waals surface area contributed by atoms with Crippen LogP contribution in [-0.4, -0.2) is 41.7 Å². The number of anilines is 1. The third-order valence-corrected chi connectivity index (χ3v) is 3.59. The van der Waals surface area contributed by atoms with Gasteiger partial charge >= 0.3 is 5.97 Å². The summed E-state index contributed by atoms with van der Waals surface area (Å²) in [7, 11) is 1.98. The number of pyridine rings is 1. The highest BCUT2D eigenvalue weighted by molar-refractivity contribution is 7.98. The fourth-order valence-corrected chi connectivity index (χ4v) is 2.44. The lowest BCUT2D eigenvalue weighted by Crippen LogP contribution is -2.22. The Morgan fingerprint density at radius 3 is 2.68 bits per heavy atom. The van der Waals surface area contributed by atoms with Crippen molar-refractivity contribution in [1.29, 1.82) is 0 Å². The lowest BCUT2D eigenvalue weighted by molar-refractivity contribution is 0.0698. The Labute approximate surface area is 116 Å². The van der Waals surface area contributed by atoms with E-state index in [2.05, 4.69) is 16.1 Å². The van der Waals surface area contributed by atoms with Gasteiger partial charge in [0, 0.05) is 36.3 Å².